The lowest BCUT2D eigenvalue weighted by atomic mass is 10.1. The summed E-state index contributed by atoms with van der Waals surface area (Å²) in [4.78, 5) is 13.4. The summed E-state index contributed by atoms with van der Waals surface area (Å²) < 4.78 is 18.3. The maximum absolute atomic E-state index is 13.2. The molecule has 1 rings (SSSR count). The Balaban J connectivity index is 2.83. The van der Waals surface area contributed by atoms with Crippen molar-refractivity contribution in [2.45, 2.75) is 19.5 Å². The van der Waals surface area contributed by atoms with Gasteiger partial charge in [-0.3, -0.25) is 4.79 Å². The van der Waals surface area contributed by atoms with Crippen LogP contribution in [0.15, 0.2) is 18.2 Å². The first-order valence-electron chi connectivity index (χ1n) is 5.82. The Bertz CT molecular complexity index is 423. The molecule has 0 aliphatic rings. The van der Waals surface area contributed by atoms with Crippen LogP contribution in [0.2, 0.25) is 0 Å². The molecule has 1 atom stereocenters. The summed E-state index contributed by atoms with van der Waals surface area (Å²) >= 11 is 0. The highest BCUT2D eigenvalue weighted by molar-refractivity contribution is 5.95. The molecule has 0 unspecified atom stereocenters. The number of benzene rings is 1. The molecule has 0 heterocycles. The molecule has 2 N–H and O–H groups in total. The topological polar surface area (TPSA) is 55.6 Å². The quantitative estimate of drug-likeness (QED) is 0.819. The van der Waals surface area contributed by atoms with Crippen molar-refractivity contribution in [3.63, 3.8) is 0 Å². The Hall–Kier alpha value is -1.78. The van der Waals surface area contributed by atoms with Crippen LogP contribution in [0.5, 0.6) is 5.75 Å². The lowest BCUT2D eigenvalue weighted by Crippen LogP contribution is -2.32. The van der Waals surface area contributed by atoms with E-state index in [-0.39, 0.29) is 12.5 Å². The number of methoxy groups -OCH3 is 1. The van der Waals surface area contributed by atoms with Crippen LogP contribution in [0.3, 0.4) is 0 Å². The van der Waals surface area contributed by atoms with Crippen molar-refractivity contribution in [3.05, 3.63) is 23.8 Å². The fourth-order valence-electron chi connectivity index (χ4n) is 1.57. The van der Waals surface area contributed by atoms with Crippen LogP contribution in [0.1, 0.15) is 23.7 Å². The number of carbonyl (C=O) groups is 1. The summed E-state index contributed by atoms with van der Waals surface area (Å²) in [5.74, 6) is 0.200. The van der Waals surface area contributed by atoms with Gasteiger partial charge in [0.15, 0.2) is 0 Å². The zero-order valence-electron chi connectivity index (χ0n) is 10.9. The Morgan fingerprint density at radius 1 is 1.56 bits per heavy atom. The summed E-state index contributed by atoms with van der Waals surface area (Å²) in [6, 6.07) is 4.77. The molecule has 4 nitrogen and oxygen atoms in total. The van der Waals surface area contributed by atoms with Crippen LogP contribution in [0.4, 0.5) is 10.1 Å². The monoisotopic (exact) mass is 254 g/mol. The van der Waals surface area contributed by atoms with Gasteiger partial charge in [0.2, 0.25) is 0 Å². The number of rotatable bonds is 5. The van der Waals surface area contributed by atoms with Crippen LogP contribution in [-0.4, -0.2) is 37.7 Å². The van der Waals surface area contributed by atoms with Gasteiger partial charge in [0.05, 0.1) is 19.3 Å². The molecule has 1 amide bonds. The molecule has 0 bridgehead atoms. The molecule has 0 saturated heterocycles. The van der Waals surface area contributed by atoms with Gasteiger partial charge < -0.3 is 15.4 Å². The highest BCUT2D eigenvalue weighted by Gasteiger charge is 2.16. The van der Waals surface area contributed by atoms with Crippen molar-refractivity contribution in [1.82, 2.24) is 4.90 Å². The Kier molecular flexibility index (Phi) is 4.95. The fourth-order valence-corrected chi connectivity index (χ4v) is 1.57. The predicted molar refractivity (Wildman–Crippen MR) is 69.6 cm³/mol. The molecule has 100 valence electrons. The summed E-state index contributed by atoms with van der Waals surface area (Å²) in [5.41, 5.74) is 6.57. The van der Waals surface area contributed by atoms with Crippen LogP contribution in [0.25, 0.3) is 0 Å². The second-order valence-electron chi connectivity index (χ2n) is 4.15. The molecule has 18 heavy (non-hydrogen) atoms. The molecule has 1 aromatic rings. The molecule has 0 saturated carbocycles. The summed E-state index contributed by atoms with van der Waals surface area (Å²) in [5, 5.41) is 0. The fraction of sp³-hybridized carbons (Fsp3) is 0.462. The van der Waals surface area contributed by atoms with Gasteiger partial charge in [0, 0.05) is 12.6 Å². The molecular weight excluding hydrogens is 235 g/mol. The smallest absolute Gasteiger partial charge is 0.253 e. The predicted octanol–water partition coefficient (Wildman–Crippen LogP) is 2.10. The van der Waals surface area contributed by atoms with Crippen molar-refractivity contribution in [3.8, 4) is 5.75 Å². The highest BCUT2D eigenvalue weighted by Crippen LogP contribution is 2.22. The van der Waals surface area contributed by atoms with E-state index in [9.17, 15) is 9.18 Å². The molecule has 0 aliphatic carbocycles. The SMILES string of the molecule is CC[C@H](F)CN(C)C(=O)c1ccc(N)c(OC)c1. The molecule has 1 aromatic carbocycles. The second-order valence-corrected chi connectivity index (χ2v) is 4.15. The summed E-state index contributed by atoms with van der Waals surface area (Å²) in [6.45, 7) is 1.83. The number of ether oxygens (including phenoxy) is 1. The van der Waals surface area contributed by atoms with Crippen LogP contribution >= 0.6 is 0 Å². The minimum absolute atomic E-state index is 0.0853. The molecule has 0 radical (unpaired) electrons. The van der Waals surface area contributed by atoms with Gasteiger partial charge in [-0.2, -0.15) is 0 Å². The minimum Gasteiger partial charge on any atom is -0.495 e. The van der Waals surface area contributed by atoms with Crippen molar-refractivity contribution in [1.29, 1.82) is 0 Å². The first-order chi connectivity index (χ1) is 8.49. The number of hydrogen-bond donors (Lipinski definition) is 1. The highest BCUT2D eigenvalue weighted by atomic mass is 19.1. The third-order valence-corrected chi connectivity index (χ3v) is 2.74. The van der Waals surface area contributed by atoms with Crippen molar-refractivity contribution in [2.24, 2.45) is 0 Å². The molecule has 0 fully saturated rings. The third-order valence-electron chi connectivity index (χ3n) is 2.74. The molecule has 0 aliphatic heterocycles. The average molecular weight is 254 g/mol. The first-order valence-corrected chi connectivity index (χ1v) is 5.82. The van der Waals surface area contributed by atoms with Gasteiger partial charge in [-0.25, -0.2) is 4.39 Å². The number of amides is 1. The molecule has 0 aromatic heterocycles. The standard InChI is InChI=1S/C13H19FN2O2/c1-4-10(14)8-16(2)13(17)9-5-6-11(15)12(7-9)18-3/h5-7,10H,4,8,15H2,1-3H3/t10-/m0/s1. The van der Waals surface area contributed by atoms with E-state index < -0.39 is 6.17 Å². The zero-order valence-corrected chi connectivity index (χ0v) is 10.9. The molecular formula is C13H19FN2O2. The second kappa shape index (κ2) is 6.23. The van der Waals surface area contributed by atoms with E-state index in [1.165, 1.54) is 12.0 Å². The van der Waals surface area contributed by atoms with Crippen molar-refractivity contribution >= 4 is 11.6 Å². The van der Waals surface area contributed by atoms with Crippen molar-refractivity contribution < 1.29 is 13.9 Å². The minimum atomic E-state index is -1.00. The third kappa shape index (κ3) is 3.35. The van der Waals surface area contributed by atoms with Crippen LogP contribution in [-0.2, 0) is 0 Å². The Morgan fingerprint density at radius 3 is 2.78 bits per heavy atom. The maximum Gasteiger partial charge on any atom is 0.253 e. The van der Waals surface area contributed by atoms with Gasteiger partial charge in [0.1, 0.15) is 11.9 Å². The van der Waals surface area contributed by atoms with E-state index in [0.717, 1.165) is 0 Å². The number of carbonyl (C=O) groups excluding carboxylic acids is 1. The number of nitrogens with two attached hydrogens (primary N) is 1. The maximum atomic E-state index is 13.2. The number of nitrogen functional groups attached to an aromatic ring is 1. The van der Waals surface area contributed by atoms with Gasteiger partial charge in [-0.15, -0.1) is 0 Å². The largest absolute Gasteiger partial charge is 0.495 e. The molecule has 5 heteroatoms. The lowest BCUT2D eigenvalue weighted by Gasteiger charge is -2.19. The number of anilines is 1. The van der Waals surface area contributed by atoms with E-state index in [1.807, 2.05) is 0 Å². The molecule has 0 spiro atoms. The lowest BCUT2D eigenvalue weighted by molar-refractivity contribution is 0.0753. The number of nitrogens with zero attached hydrogens (tertiary/aromatic N) is 1. The van der Waals surface area contributed by atoms with E-state index >= 15 is 0 Å². The zero-order chi connectivity index (χ0) is 13.7. The van der Waals surface area contributed by atoms with E-state index in [2.05, 4.69) is 0 Å². The van der Waals surface area contributed by atoms with Gasteiger partial charge in [-0.1, -0.05) is 6.92 Å². The van der Waals surface area contributed by atoms with E-state index in [4.69, 9.17) is 10.5 Å². The van der Waals surface area contributed by atoms with Gasteiger partial charge in [0.25, 0.3) is 5.91 Å². The number of halogens is 1. The van der Waals surface area contributed by atoms with Gasteiger partial charge in [-0.05, 0) is 24.6 Å². The van der Waals surface area contributed by atoms with Crippen LogP contribution < -0.4 is 10.5 Å². The van der Waals surface area contributed by atoms with Crippen LogP contribution in [0, 0.1) is 0 Å². The number of hydrogen-bond acceptors (Lipinski definition) is 3. The summed E-state index contributed by atoms with van der Waals surface area (Å²) in [7, 11) is 3.06. The Labute approximate surface area is 107 Å². The normalized spacial score (nSPS) is 12.0. The summed E-state index contributed by atoms with van der Waals surface area (Å²) in [6.07, 6.45) is -0.613. The first kappa shape index (κ1) is 14.3. The average Bonchev–Trinajstić information content (AvgIpc) is 2.38. The Morgan fingerprint density at radius 2 is 2.22 bits per heavy atom. The van der Waals surface area contributed by atoms with E-state index in [0.29, 0.717) is 23.4 Å². The number of alkyl halides is 1. The van der Waals surface area contributed by atoms with Gasteiger partial charge >= 0.3 is 0 Å². The van der Waals surface area contributed by atoms with E-state index in [1.54, 1.807) is 32.2 Å². The van der Waals surface area contributed by atoms with Crippen molar-refractivity contribution in [2.75, 3.05) is 26.4 Å².